The smallest absolute Gasteiger partial charge is 0.425 e. The summed E-state index contributed by atoms with van der Waals surface area (Å²) in [4.78, 5) is 25.9. The molecule has 1 amide bonds. The van der Waals surface area contributed by atoms with Crippen molar-refractivity contribution in [1.82, 2.24) is 5.32 Å². The van der Waals surface area contributed by atoms with Crippen molar-refractivity contribution >= 4 is 17.6 Å². The average Bonchev–Trinajstić information content (AvgIpc) is 3.20. The Hall–Kier alpha value is -3.11. The number of quaternary nitrogens is 1. The van der Waals surface area contributed by atoms with Gasteiger partial charge in [0.05, 0.1) is 39.9 Å². The zero-order valence-corrected chi connectivity index (χ0v) is 23.7. The molecule has 1 aromatic rings. The van der Waals surface area contributed by atoms with Gasteiger partial charge in [0.1, 0.15) is 5.76 Å². The van der Waals surface area contributed by atoms with Crippen LogP contribution in [0.1, 0.15) is 44.6 Å². The van der Waals surface area contributed by atoms with E-state index in [1.54, 1.807) is 12.1 Å². The molecular weight excluding hydrogens is 537 g/mol. The van der Waals surface area contributed by atoms with E-state index < -0.39 is 35.1 Å². The molecule has 4 fully saturated rings. The van der Waals surface area contributed by atoms with Crippen molar-refractivity contribution in [3.05, 3.63) is 65.0 Å². The van der Waals surface area contributed by atoms with Gasteiger partial charge in [0.25, 0.3) is 5.91 Å². The summed E-state index contributed by atoms with van der Waals surface area (Å²) in [5.74, 6) is -3.03. The third kappa shape index (κ3) is 4.08. The number of esters is 1. The molecule has 7 nitrogen and oxygen atoms in total. The van der Waals surface area contributed by atoms with Gasteiger partial charge in [-0.1, -0.05) is 48.4 Å². The Kier molecular flexibility index (Phi) is 6.46. The van der Waals surface area contributed by atoms with Crippen molar-refractivity contribution in [2.24, 2.45) is 17.3 Å². The van der Waals surface area contributed by atoms with Gasteiger partial charge in [0.2, 0.25) is 5.72 Å². The van der Waals surface area contributed by atoms with E-state index in [2.05, 4.69) is 19.4 Å². The second-order valence-corrected chi connectivity index (χ2v) is 12.5. The SMILES string of the molecule is COC1=CC=C2C[C@@H]3[C@@H]4CCC[C@@H]5OC1(NC(=O)C(=C(OC(C)=O)c1ccccc1)C(F)(F)F)C2[C@@]54CC[N+]3(C)C. The molecule has 2 saturated heterocycles. The molecule has 0 radical (unpaired) electrons. The Labute approximate surface area is 237 Å². The predicted molar refractivity (Wildman–Crippen MR) is 143 cm³/mol. The molecule has 5 aliphatic rings. The van der Waals surface area contributed by atoms with Crippen LogP contribution in [0.2, 0.25) is 0 Å². The van der Waals surface area contributed by atoms with Crippen LogP contribution in [0, 0.1) is 17.3 Å². The number of nitrogens with zero attached hydrogens (tertiary/aromatic N) is 1. The number of alkyl halides is 3. The van der Waals surface area contributed by atoms with E-state index in [0.717, 1.165) is 55.6 Å². The third-order valence-electron chi connectivity index (χ3n) is 10.2. The van der Waals surface area contributed by atoms with Gasteiger partial charge in [-0.15, -0.1) is 0 Å². The number of allylic oxidation sites excluding steroid dienone is 2. The van der Waals surface area contributed by atoms with Crippen LogP contribution in [0.15, 0.2) is 59.4 Å². The van der Waals surface area contributed by atoms with Gasteiger partial charge >= 0.3 is 12.1 Å². The Morgan fingerprint density at radius 2 is 1.85 bits per heavy atom. The maximum atomic E-state index is 14.8. The molecule has 2 heterocycles. The first kappa shape index (κ1) is 28.0. The molecule has 0 aromatic heterocycles. The summed E-state index contributed by atoms with van der Waals surface area (Å²) in [7, 11) is 5.96. The molecule has 2 bridgehead atoms. The summed E-state index contributed by atoms with van der Waals surface area (Å²) in [5.41, 5.74) is -2.50. The van der Waals surface area contributed by atoms with E-state index in [9.17, 15) is 22.8 Å². The van der Waals surface area contributed by atoms with Crippen LogP contribution in [0.25, 0.3) is 5.76 Å². The number of rotatable bonds is 5. The summed E-state index contributed by atoms with van der Waals surface area (Å²) in [6.07, 6.45) is 2.70. The summed E-state index contributed by atoms with van der Waals surface area (Å²) in [5, 5.41) is 2.72. The number of methoxy groups -OCH3 is 1. The number of halogens is 3. The Morgan fingerprint density at radius 1 is 1.12 bits per heavy atom. The van der Waals surface area contributed by atoms with Crippen LogP contribution in [0.3, 0.4) is 0 Å². The van der Waals surface area contributed by atoms with Crippen molar-refractivity contribution in [1.29, 1.82) is 0 Å². The van der Waals surface area contributed by atoms with E-state index in [-0.39, 0.29) is 28.8 Å². The zero-order valence-electron chi connectivity index (χ0n) is 23.7. The van der Waals surface area contributed by atoms with E-state index in [4.69, 9.17) is 14.2 Å². The fourth-order valence-electron chi connectivity index (χ4n) is 8.70. The summed E-state index contributed by atoms with van der Waals surface area (Å²) in [6.45, 7) is 1.92. The molecule has 6 atom stereocenters. The largest absolute Gasteiger partial charge is 0.496 e. The van der Waals surface area contributed by atoms with Gasteiger partial charge in [-0.05, 0) is 18.9 Å². The van der Waals surface area contributed by atoms with Crippen LogP contribution >= 0.6 is 0 Å². The number of amides is 1. The first-order chi connectivity index (χ1) is 19.3. The molecule has 2 unspecified atom stereocenters. The Balaban J connectivity index is 1.50. The van der Waals surface area contributed by atoms with E-state index in [1.807, 2.05) is 6.08 Å². The standard InChI is InChI=1S/C31H35F3N2O5/c1-18(37)40-26(19-9-6-5-7-10-19)25(31(32,33)34)28(38)35-30-24(39-4)14-13-20-17-22-21-11-8-12-23(41-30)29(21,27(20)30)15-16-36(22,2)3/h5-7,9-10,13-14,21-23,27H,8,11-12,15-17H2,1-4H3/p+1/t21-,22+,23-,27?,29+,30?/m0/s1. The molecule has 41 heavy (non-hydrogen) atoms. The van der Waals surface area contributed by atoms with Crippen molar-refractivity contribution in [2.75, 3.05) is 27.7 Å². The highest BCUT2D eigenvalue weighted by Gasteiger charge is 2.76. The van der Waals surface area contributed by atoms with Gasteiger partial charge in [-0.25, -0.2) is 0 Å². The van der Waals surface area contributed by atoms with Crippen molar-refractivity contribution in [2.45, 2.75) is 63.1 Å². The molecule has 1 aromatic carbocycles. The van der Waals surface area contributed by atoms with Gasteiger partial charge in [0, 0.05) is 42.6 Å². The molecule has 1 N–H and O–H groups in total. The maximum absolute atomic E-state index is 14.8. The first-order valence-electron chi connectivity index (χ1n) is 14.2. The van der Waals surface area contributed by atoms with Crippen molar-refractivity contribution in [3.63, 3.8) is 0 Å². The highest BCUT2D eigenvalue weighted by Crippen LogP contribution is 2.70. The molecule has 10 heteroatoms. The molecule has 2 saturated carbocycles. The Bertz CT molecular complexity index is 1370. The van der Waals surface area contributed by atoms with Crippen molar-refractivity contribution < 1.29 is 41.5 Å². The monoisotopic (exact) mass is 573 g/mol. The highest BCUT2D eigenvalue weighted by molar-refractivity contribution is 6.03. The number of hydrogen-bond acceptors (Lipinski definition) is 5. The molecule has 2 aliphatic heterocycles. The second-order valence-electron chi connectivity index (χ2n) is 12.5. The lowest BCUT2D eigenvalue weighted by molar-refractivity contribution is -0.929. The lowest BCUT2D eigenvalue weighted by Crippen LogP contribution is -2.70. The van der Waals surface area contributed by atoms with E-state index in [0.29, 0.717) is 12.0 Å². The van der Waals surface area contributed by atoms with Gasteiger partial charge in [0.15, 0.2) is 11.3 Å². The normalized spacial score (nSPS) is 35.3. The zero-order chi connectivity index (χ0) is 29.4. The molecular formula is C31H36F3N2O5+. The minimum atomic E-state index is -5.14. The Morgan fingerprint density at radius 3 is 2.51 bits per heavy atom. The summed E-state index contributed by atoms with van der Waals surface area (Å²) in [6, 6.07) is 7.74. The lowest BCUT2D eigenvalue weighted by Gasteiger charge is -2.63. The number of nitrogens with one attached hydrogen (secondary N) is 1. The third-order valence-corrected chi connectivity index (χ3v) is 10.2. The number of carbonyl (C=O) groups is 2. The molecule has 3 aliphatic carbocycles. The fourth-order valence-corrected chi connectivity index (χ4v) is 8.70. The minimum absolute atomic E-state index is 0.0399. The number of carbonyl (C=O) groups excluding carboxylic acids is 2. The van der Waals surface area contributed by atoms with E-state index >= 15 is 0 Å². The fraction of sp³-hybridized carbons (Fsp3) is 0.548. The molecule has 220 valence electrons. The van der Waals surface area contributed by atoms with Gasteiger partial charge < -0.3 is 24.0 Å². The maximum Gasteiger partial charge on any atom is 0.425 e. The second kappa shape index (κ2) is 9.46. The van der Waals surface area contributed by atoms with Crippen LogP contribution in [-0.2, 0) is 23.8 Å². The van der Waals surface area contributed by atoms with Crippen LogP contribution in [-0.4, -0.2) is 68.2 Å². The van der Waals surface area contributed by atoms with Crippen molar-refractivity contribution in [3.8, 4) is 0 Å². The summed E-state index contributed by atoms with van der Waals surface area (Å²) >= 11 is 0. The average molecular weight is 574 g/mol. The number of likely N-dealkylation sites (tertiary alicyclic amines) is 1. The van der Waals surface area contributed by atoms with E-state index in [1.165, 1.54) is 31.4 Å². The van der Waals surface area contributed by atoms with Gasteiger partial charge in [-0.3, -0.25) is 9.59 Å². The van der Waals surface area contributed by atoms with Crippen LogP contribution < -0.4 is 5.32 Å². The highest BCUT2D eigenvalue weighted by atomic mass is 19.4. The summed E-state index contributed by atoms with van der Waals surface area (Å²) < 4.78 is 62.8. The minimum Gasteiger partial charge on any atom is -0.496 e. The predicted octanol–water partition coefficient (Wildman–Crippen LogP) is 4.86. The quantitative estimate of drug-likeness (QED) is 0.236. The number of benzene rings is 1. The van der Waals surface area contributed by atoms with Gasteiger partial charge in [-0.2, -0.15) is 13.2 Å². The lowest BCUT2D eigenvalue weighted by atomic mass is 9.46. The molecule has 1 spiro atoms. The number of hydrogen-bond donors (Lipinski definition) is 1. The van der Waals surface area contributed by atoms with Crippen LogP contribution in [0.5, 0.6) is 0 Å². The topological polar surface area (TPSA) is 73.9 Å². The number of piperidine rings is 1. The first-order valence-corrected chi connectivity index (χ1v) is 14.2. The van der Waals surface area contributed by atoms with Crippen LogP contribution in [0.4, 0.5) is 13.2 Å². The molecule has 6 rings (SSSR count). The number of ether oxygens (including phenoxy) is 3.